The van der Waals surface area contributed by atoms with Crippen molar-refractivity contribution in [1.29, 1.82) is 0 Å². The molecule has 1 aromatic rings. The van der Waals surface area contributed by atoms with Crippen molar-refractivity contribution in [2.75, 3.05) is 25.2 Å². The van der Waals surface area contributed by atoms with E-state index in [2.05, 4.69) is 0 Å². The van der Waals surface area contributed by atoms with E-state index in [1.165, 1.54) is 0 Å². The summed E-state index contributed by atoms with van der Waals surface area (Å²) in [7, 11) is 0.727. The summed E-state index contributed by atoms with van der Waals surface area (Å²) in [6.07, 6.45) is 0.795. The van der Waals surface area contributed by atoms with Crippen molar-refractivity contribution in [1.82, 2.24) is 0 Å². The molecule has 1 unspecified atom stereocenters. The molecule has 16 heavy (non-hydrogen) atoms. The van der Waals surface area contributed by atoms with Gasteiger partial charge in [-0.15, -0.1) is 0 Å². The Morgan fingerprint density at radius 1 is 1.50 bits per heavy atom. The third-order valence-electron chi connectivity index (χ3n) is 2.14. The van der Waals surface area contributed by atoms with Crippen LogP contribution in [0.15, 0.2) is 18.2 Å². The Bertz CT molecular complexity index is 371. The van der Waals surface area contributed by atoms with Gasteiger partial charge in [-0.2, -0.15) is 0 Å². The second kappa shape index (κ2) is 6.89. The highest BCUT2D eigenvalue weighted by Crippen LogP contribution is 2.19. The molecule has 1 aromatic carbocycles. The lowest BCUT2D eigenvalue weighted by Gasteiger charge is -2.06. The van der Waals surface area contributed by atoms with Crippen molar-refractivity contribution >= 4 is 28.1 Å². The molecule has 0 saturated carbocycles. The molecule has 1 atom stereocenters. The number of nitrogens with two attached hydrogens (primary N) is 1. The quantitative estimate of drug-likeness (QED) is 0.631. The number of ether oxygens (including phenoxy) is 1. The van der Waals surface area contributed by atoms with Gasteiger partial charge >= 0.3 is 0 Å². The smallest absolute Gasteiger partial charge is 0.0506 e. The Balaban J connectivity index is 2.52. The highest BCUT2D eigenvalue weighted by Gasteiger charge is 2.05. The van der Waals surface area contributed by atoms with E-state index in [1.54, 1.807) is 25.3 Å². The zero-order valence-corrected chi connectivity index (χ0v) is 10.8. The maximum atomic E-state index is 11.7. The molecule has 0 spiro atoms. The van der Waals surface area contributed by atoms with Crippen LogP contribution in [0.1, 0.15) is 12.0 Å². The summed E-state index contributed by atoms with van der Waals surface area (Å²) >= 11 is 5.85. The van der Waals surface area contributed by atoms with Gasteiger partial charge in [0.1, 0.15) is 0 Å². The average molecular weight is 262 g/mol. The molecule has 5 heteroatoms. The van der Waals surface area contributed by atoms with Crippen LogP contribution in [0.5, 0.6) is 0 Å². The minimum atomic E-state index is -0.910. The van der Waals surface area contributed by atoms with Crippen LogP contribution in [-0.2, 0) is 21.3 Å². The SMILES string of the molecule is COCCCS(=O)Cc1cc(Cl)ccc1N. The first-order chi connectivity index (χ1) is 7.63. The van der Waals surface area contributed by atoms with Crippen molar-refractivity contribution in [3.05, 3.63) is 28.8 Å². The molecule has 2 N–H and O–H groups in total. The van der Waals surface area contributed by atoms with E-state index in [0.717, 1.165) is 12.0 Å². The van der Waals surface area contributed by atoms with Crippen molar-refractivity contribution in [3.63, 3.8) is 0 Å². The Kier molecular flexibility index (Phi) is 5.80. The highest BCUT2D eigenvalue weighted by atomic mass is 35.5. The Labute approximate surface area is 103 Å². The summed E-state index contributed by atoms with van der Waals surface area (Å²) in [4.78, 5) is 0. The summed E-state index contributed by atoms with van der Waals surface area (Å²) in [5.41, 5.74) is 7.27. The van der Waals surface area contributed by atoms with Gasteiger partial charge < -0.3 is 10.5 Å². The fourth-order valence-corrected chi connectivity index (χ4v) is 2.68. The van der Waals surface area contributed by atoms with Crippen LogP contribution >= 0.6 is 11.6 Å². The van der Waals surface area contributed by atoms with Gasteiger partial charge in [-0.05, 0) is 30.2 Å². The molecule has 0 fully saturated rings. The van der Waals surface area contributed by atoms with E-state index in [-0.39, 0.29) is 0 Å². The largest absolute Gasteiger partial charge is 0.398 e. The van der Waals surface area contributed by atoms with Crippen LogP contribution in [0.4, 0.5) is 5.69 Å². The summed E-state index contributed by atoms with van der Waals surface area (Å²) in [5, 5.41) is 0.623. The maximum absolute atomic E-state index is 11.7. The maximum Gasteiger partial charge on any atom is 0.0506 e. The van der Waals surface area contributed by atoms with E-state index >= 15 is 0 Å². The lowest BCUT2D eigenvalue weighted by molar-refractivity contribution is 0.200. The van der Waals surface area contributed by atoms with Crippen molar-refractivity contribution in [3.8, 4) is 0 Å². The number of benzene rings is 1. The lowest BCUT2D eigenvalue weighted by Crippen LogP contribution is -2.05. The van der Waals surface area contributed by atoms with E-state index in [4.69, 9.17) is 22.1 Å². The second-order valence-electron chi connectivity index (χ2n) is 3.48. The molecule has 0 aliphatic heterocycles. The third kappa shape index (κ3) is 4.51. The van der Waals surface area contributed by atoms with Crippen molar-refractivity contribution in [2.45, 2.75) is 12.2 Å². The van der Waals surface area contributed by atoms with Gasteiger partial charge in [-0.3, -0.25) is 4.21 Å². The second-order valence-corrected chi connectivity index (χ2v) is 5.49. The van der Waals surface area contributed by atoms with Gasteiger partial charge in [0.2, 0.25) is 0 Å². The normalized spacial score (nSPS) is 12.6. The molecule has 0 heterocycles. The average Bonchev–Trinajstić information content (AvgIpc) is 2.24. The zero-order valence-electron chi connectivity index (χ0n) is 9.24. The van der Waals surface area contributed by atoms with Gasteiger partial charge in [-0.25, -0.2) is 0 Å². The van der Waals surface area contributed by atoms with Gasteiger partial charge in [0.25, 0.3) is 0 Å². The van der Waals surface area contributed by atoms with Crippen LogP contribution in [0.3, 0.4) is 0 Å². The van der Waals surface area contributed by atoms with E-state index in [9.17, 15) is 4.21 Å². The van der Waals surface area contributed by atoms with Gasteiger partial charge in [-0.1, -0.05) is 11.6 Å². The van der Waals surface area contributed by atoms with Crippen molar-refractivity contribution in [2.24, 2.45) is 0 Å². The predicted octanol–water partition coefficient (Wildman–Crippen LogP) is 2.21. The number of anilines is 1. The Morgan fingerprint density at radius 3 is 2.94 bits per heavy atom. The van der Waals surface area contributed by atoms with Gasteiger partial charge in [0.15, 0.2) is 0 Å². The number of methoxy groups -OCH3 is 1. The number of rotatable bonds is 6. The van der Waals surface area contributed by atoms with E-state index in [0.29, 0.717) is 28.8 Å². The van der Waals surface area contributed by atoms with Crippen LogP contribution in [0.2, 0.25) is 5.02 Å². The minimum Gasteiger partial charge on any atom is -0.398 e. The van der Waals surface area contributed by atoms with Gasteiger partial charge in [0, 0.05) is 41.0 Å². The summed E-state index contributed by atoms with van der Waals surface area (Å²) in [6, 6.07) is 5.24. The first kappa shape index (κ1) is 13.5. The minimum absolute atomic E-state index is 0.454. The first-order valence-corrected chi connectivity index (χ1v) is 6.88. The number of halogens is 1. The fourth-order valence-electron chi connectivity index (χ4n) is 1.31. The molecule has 3 nitrogen and oxygen atoms in total. The van der Waals surface area contributed by atoms with Crippen LogP contribution in [0.25, 0.3) is 0 Å². The summed E-state index contributed by atoms with van der Waals surface area (Å²) in [5.74, 6) is 1.08. The molecule has 0 aliphatic carbocycles. The molecule has 90 valence electrons. The predicted molar refractivity (Wildman–Crippen MR) is 69.1 cm³/mol. The lowest BCUT2D eigenvalue weighted by atomic mass is 10.2. The standard InChI is InChI=1S/C11H16ClNO2S/c1-15-5-2-6-16(14)8-9-7-10(12)3-4-11(9)13/h3-4,7H,2,5-6,8,13H2,1H3. The molecule has 0 aliphatic rings. The van der Waals surface area contributed by atoms with E-state index < -0.39 is 10.8 Å². The van der Waals surface area contributed by atoms with Crippen LogP contribution < -0.4 is 5.73 Å². The molecular formula is C11H16ClNO2S. The monoisotopic (exact) mass is 261 g/mol. The molecule has 1 rings (SSSR count). The molecule has 0 radical (unpaired) electrons. The third-order valence-corrected chi connectivity index (χ3v) is 3.75. The zero-order chi connectivity index (χ0) is 12.0. The molecular weight excluding hydrogens is 246 g/mol. The molecule has 0 bridgehead atoms. The number of hydrogen-bond acceptors (Lipinski definition) is 3. The number of hydrogen-bond donors (Lipinski definition) is 1. The first-order valence-electron chi connectivity index (χ1n) is 5.01. The van der Waals surface area contributed by atoms with Crippen LogP contribution in [-0.4, -0.2) is 23.7 Å². The Morgan fingerprint density at radius 2 is 2.25 bits per heavy atom. The summed E-state index contributed by atoms with van der Waals surface area (Å²) < 4.78 is 16.6. The fraction of sp³-hybridized carbons (Fsp3) is 0.455. The summed E-state index contributed by atoms with van der Waals surface area (Å²) in [6.45, 7) is 0.636. The van der Waals surface area contributed by atoms with Crippen molar-refractivity contribution < 1.29 is 8.95 Å². The number of nitrogen functional groups attached to an aromatic ring is 1. The highest BCUT2D eigenvalue weighted by molar-refractivity contribution is 7.84. The molecule has 0 saturated heterocycles. The van der Waals surface area contributed by atoms with Gasteiger partial charge in [0.05, 0.1) is 5.75 Å². The topological polar surface area (TPSA) is 52.3 Å². The molecule has 0 aromatic heterocycles. The van der Waals surface area contributed by atoms with E-state index in [1.807, 2.05) is 0 Å². The molecule has 0 amide bonds. The Hall–Kier alpha value is -0.580. The van der Waals surface area contributed by atoms with Crippen LogP contribution in [0, 0.1) is 0 Å².